The van der Waals surface area contributed by atoms with E-state index in [0.29, 0.717) is 11.3 Å². The summed E-state index contributed by atoms with van der Waals surface area (Å²) in [5.74, 6) is -0.790. The van der Waals surface area contributed by atoms with Gasteiger partial charge in [-0.1, -0.05) is 17.7 Å². The Balaban J connectivity index is 2.35. The van der Waals surface area contributed by atoms with Gasteiger partial charge in [-0.15, -0.1) is 0 Å². The molecular weight excluding hydrogens is 284 g/mol. The van der Waals surface area contributed by atoms with Crippen LogP contribution in [0.3, 0.4) is 0 Å². The summed E-state index contributed by atoms with van der Waals surface area (Å²) in [6, 6.07) is 9.73. The van der Waals surface area contributed by atoms with Gasteiger partial charge in [-0.3, -0.25) is 0 Å². The summed E-state index contributed by atoms with van der Waals surface area (Å²) in [5.41, 5.74) is 0.290. The predicted octanol–water partition coefficient (Wildman–Crippen LogP) is 3.94. The maximum atomic E-state index is 13.1. The molecule has 2 nitrogen and oxygen atoms in total. The second-order valence-electron chi connectivity index (χ2n) is 4.75. The first-order chi connectivity index (χ1) is 9.44. The van der Waals surface area contributed by atoms with Crippen LogP contribution in [0.2, 0.25) is 5.02 Å². The molecule has 0 aromatic heterocycles. The third-order valence-corrected chi connectivity index (χ3v) is 3.42. The van der Waals surface area contributed by atoms with Crippen LogP contribution in [0, 0.1) is 11.6 Å². The van der Waals surface area contributed by atoms with E-state index in [9.17, 15) is 13.9 Å². The van der Waals surface area contributed by atoms with Crippen LogP contribution < -0.4 is 5.32 Å². The van der Waals surface area contributed by atoms with Crippen molar-refractivity contribution < 1.29 is 13.9 Å². The molecule has 1 unspecified atom stereocenters. The lowest BCUT2D eigenvalue weighted by molar-refractivity contribution is 0.224. The molecule has 0 fully saturated rings. The summed E-state index contributed by atoms with van der Waals surface area (Å²) < 4.78 is 26.0. The fraction of sp³-hybridized carbons (Fsp3) is 0.200. The Morgan fingerprint density at radius 3 is 2.25 bits per heavy atom. The second kappa shape index (κ2) is 5.77. The summed E-state index contributed by atoms with van der Waals surface area (Å²) in [5, 5.41) is 13.0. The van der Waals surface area contributed by atoms with Crippen molar-refractivity contribution in [3.63, 3.8) is 0 Å². The van der Waals surface area contributed by atoms with Gasteiger partial charge >= 0.3 is 0 Å². The Morgan fingerprint density at radius 1 is 1.10 bits per heavy atom. The number of aliphatic hydroxyl groups is 1. The van der Waals surface area contributed by atoms with Crippen LogP contribution in [-0.4, -0.2) is 11.7 Å². The van der Waals surface area contributed by atoms with E-state index in [4.69, 9.17) is 11.6 Å². The van der Waals surface area contributed by atoms with Crippen LogP contribution in [0.15, 0.2) is 42.5 Å². The van der Waals surface area contributed by atoms with E-state index < -0.39 is 11.4 Å². The maximum absolute atomic E-state index is 13.1. The molecule has 2 rings (SSSR count). The molecule has 0 aliphatic heterocycles. The van der Waals surface area contributed by atoms with Crippen LogP contribution in [0.4, 0.5) is 14.5 Å². The average molecular weight is 298 g/mol. The summed E-state index contributed by atoms with van der Waals surface area (Å²) in [6.07, 6.45) is 0. The van der Waals surface area contributed by atoms with Gasteiger partial charge in [0.15, 0.2) is 0 Å². The van der Waals surface area contributed by atoms with Crippen molar-refractivity contribution in [2.45, 2.75) is 12.5 Å². The van der Waals surface area contributed by atoms with Gasteiger partial charge in [-0.05, 0) is 48.9 Å². The van der Waals surface area contributed by atoms with Crippen molar-refractivity contribution >= 4 is 17.3 Å². The van der Waals surface area contributed by atoms with Gasteiger partial charge in [0, 0.05) is 10.7 Å². The number of benzene rings is 2. The molecule has 5 heteroatoms. The van der Waals surface area contributed by atoms with Crippen LogP contribution in [0.25, 0.3) is 0 Å². The van der Waals surface area contributed by atoms with Crippen LogP contribution in [0.5, 0.6) is 0 Å². The SMILES string of the molecule is CC(CO)(Nc1ccc(F)cc1)c1ccc(F)cc1Cl. The van der Waals surface area contributed by atoms with Gasteiger partial charge in [0.25, 0.3) is 0 Å². The minimum Gasteiger partial charge on any atom is -0.394 e. The van der Waals surface area contributed by atoms with Gasteiger partial charge in [-0.2, -0.15) is 0 Å². The standard InChI is InChI=1S/C15H14ClF2NO/c1-15(9-20,13-7-4-11(18)8-14(13)16)19-12-5-2-10(17)3-6-12/h2-8,19-20H,9H2,1H3. The van der Waals surface area contributed by atoms with Gasteiger partial charge in [0.1, 0.15) is 11.6 Å². The van der Waals surface area contributed by atoms with E-state index in [1.807, 2.05) is 0 Å². The Hall–Kier alpha value is -1.65. The number of nitrogens with one attached hydrogen (secondary N) is 1. The highest BCUT2D eigenvalue weighted by Crippen LogP contribution is 2.31. The van der Waals surface area contributed by atoms with Crippen LogP contribution in [0.1, 0.15) is 12.5 Å². The molecule has 0 radical (unpaired) electrons. The van der Waals surface area contributed by atoms with E-state index in [0.717, 1.165) is 0 Å². The first-order valence-electron chi connectivity index (χ1n) is 6.05. The first kappa shape index (κ1) is 14.8. The molecule has 0 spiro atoms. The van der Waals surface area contributed by atoms with E-state index in [-0.39, 0.29) is 17.4 Å². The fourth-order valence-corrected chi connectivity index (χ4v) is 2.36. The van der Waals surface area contributed by atoms with Crippen LogP contribution >= 0.6 is 11.6 Å². The molecule has 0 heterocycles. The van der Waals surface area contributed by atoms with Crippen molar-refractivity contribution in [3.05, 3.63) is 64.7 Å². The maximum Gasteiger partial charge on any atom is 0.124 e. The predicted molar refractivity (Wildman–Crippen MR) is 75.9 cm³/mol. The summed E-state index contributed by atoms with van der Waals surface area (Å²) in [4.78, 5) is 0. The molecule has 2 N–H and O–H groups in total. The zero-order valence-electron chi connectivity index (χ0n) is 10.8. The molecule has 2 aromatic carbocycles. The number of aliphatic hydroxyl groups excluding tert-OH is 1. The summed E-state index contributed by atoms with van der Waals surface area (Å²) in [7, 11) is 0. The number of rotatable bonds is 4. The number of hydrogen-bond donors (Lipinski definition) is 2. The zero-order valence-corrected chi connectivity index (χ0v) is 11.6. The zero-order chi connectivity index (χ0) is 14.8. The van der Waals surface area contributed by atoms with E-state index >= 15 is 0 Å². The normalized spacial score (nSPS) is 13.8. The van der Waals surface area contributed by atoms with Gasteiger partial charge in [0.2, 0.25) is 0 Å². The van der Waals surface area contributed by atoms with Crippen molar-refractivity contribution in [2.75, 3.05) is 11.9 Å². The topological polar surface area (TPSA) is 32.3 Å². The van der Waals surface area contributed by atoms with E-state index in [1.165, 1.54) is 30.3 Å². The Morgan fingerprint density at radius 2 is 1.70 bits per heavy atom. The highest BCUT2D eigenvalue weighted by atomic mass is 35.5. The van der Waals surface area contributed by atoms with E-state index in [1.54, 1.807) is 19.1 Å². The van der Waals surface area contributed by atoms with Crippen LogP contribution in [-0.2, 0) is 5.54 Å². The van der Waals surface area contributed by atoms with Gasteiger partial charge in [0.05, 0.1) is 12.1 Å². The Kier molecular flexibility index (Phi) is 4.26. The molecule has 0 saturated carbocycles. The molecule has 0 aliphatic rings. The molecule has 0 saturated heterocycles. The second-order valence-corrected chi connectivity index (χ2v) is 5.15. The lowest BCUT2D eigenvalue weighted by Crippen LogP contribution is -2.36. The molecule has 0 aliphatic carbocycles. The largest absolute Gasteiger partial charge is 0.394 e. The summed E-state index contributed by atoms with van der Waals surface area (Å²) >= 11 is 6.03. The van der Waals surface area contributed by atoms with Gasteiger partial charge < -0.3 is 10.4 Å². The minimum atomic E-state index is -0.900. The van der Waals surface area contributed by atoms with Crippen molar-refractivity contribution in [1.82, 2.24) is 0 Å². The number of halogens is 3. The third kappa shape index (κ3) is 3.08. The summed E-state index contributed by atoms with van der Waals surface area (Å²) in [6.45, 7) is 1.48. The molecule has 20 heavy (non-hydrogen) atoms. The first-order valence-corrected chi connectivity index (χ1v) is 6.42. The lowest BCUT2D eigenvalue weighted by atomic mass is 9.92. The number of hydrogen-bond acceptors (Lipinski definition) is 2. The smallest absolute Gasteiger partial charge is 0.124 e. The van der Waals surface area contributed by atoms with Crippen molar-refractivity contribution in [2.24, 2.45) is 0 Å². The highest BCUT2D eigenvalue weighted by molar-refractivity contribution is 6.31. The third-order valence-electron chi connectivity index (χ3n) is 3.11. The monoisotopic (exact) mass is 297 g/mol. The Labute approximate surface area is 121 Å². The molecule has 1 atom stereocenters. The van der Waals surface area contributed by atoms with Crippen molar-refractivity contribution in [1.29, 1.82) is 0 Å². The van der Waals surface area contributed by atoms with E-state index in [2.05, 4.69) is 5.32 Å². The highest BCUT2D eigenvalue weighted by Gasteiger charge is 2.28. The minimum absolute atomic E-state index is 0.219. The lowest BCUT2D eigenvalue weighted by Gasteiger charge is -2.31. The quantitative estimate of drug-likeness (QED) is 0.896. The van der Waals surface area contributed by atoms with Crippen molar-refractivity contribution in [3.8, 4) is 0 Å². The molecule has 0 bridgehead atoms. The molecular formula is C15H14ClF2NO. The fourth-order valence-electron chi connectivity index (χ4n) is 1.98. The molecule has 2 aromatic rings. The number of anilines is 1. The van der Waals surface area contributed by atoms with Gasteiger partial charge in [-0.25, -0.2) is 8.78 Å². The molecule has 106 valence electrons. The Bertz CT molecular complexity index is 603. The molecule has 0 amide bonds. The average Bonchev–Trinajstić information content (AvgIpc) is 2.41.